The van der Waals surface area contributed by atoms with E-state index in [2.05, 4.69) is 10.2 Å². The first-order valence-corrected chi connectivity index (χ1v) is 9.04. The molecule has 9 heteroatoms. The third-order valence-corrected chi connectivity index (χ3v) is 4.24. The number of nitro groups is 1. The molecule has 9 nitrogen and oxygen atoms in total. The van der Waals surface area contributed by atoms with Crippen LogP contribution in [0.3, 0.4) is 0 Å². The van der Waals surface area contributed by atoms with Crippen LogP contribution in [0.25, 0.3) is 0 Å². The molecule has 0 aliphatic carbocycles. The van der Waals surface area contributed by atoms with E-state index < -0.39 is 23.4 Å². The van der Waals surface area contributed by atoms with Gasteiger partial charge in [-0.15, -0.1) is 0 Å². The summed E-state index contributed by atoms with van der Waals surface area (Å²) in [5, 5.41) is 13.3. The Morgan fingerprint density at radius 3 is 2.31 bits per heavy atom. The third-order valence-electron chi connectivity index (χ3n) is 4.24. The van der Waals surface area contributed by atoms with Crippen LogP contribution in [-0.4, -0.2) is 43.6 Å². The minimum absolute atomic E-state index is 0.130. The number of benzene rings is 2. The second-order valence-corrected chi connectivity index (χ2v) is 5.99. The fourth-order valence-corrected chi connectivity index (χ4v) is 2.69. The number of methoxy groups -OCH3 is 1. The lowest BCUT2D eigenvalue weighted by molar-refractivity contribution is -0.384. The van der Waals surface area contributed by atoms with Crippen molar-refractivity contribution in [3.05, 3.63) is 58.1 Å². The molecule has 2 aromatic rings. The first kappa shape index (κ1) is 21.7. The number of ether oxygens (including phenoxy) is 2. The van der Waals surface area contributed by atoms with Gasteiger partial charge in [0.15, 0.2) is 6.61 Å². The summed E-state index contributed by atoms with van der Waals surface area (Å²) in [7, 11) is 1.33. The summed E-state index contributed by atoms with van der Waals surface area (Å²) in [5.74, 6) is -1.09. The van der Waals surface area contributed by atoms with Crippen molar-refractivity contribution < 1.29 is 24.0 Å². The number of anilines is 2. The van der Waals surface area contributed by atoms with Gasteiger partial charge in [-0.1, -0.05) is 0 Å². The molecule has 0 unspecified atom stereocenters. The summed E-state index contributed by atoms with van der Waals surface area (Å²) >= 11 is 0. The Morgan fingerprint density at radius 2 is 1.76 bits per heavy atom. The number of hydrogen-bond donors (Lipinski definition) is 1. The summed E-state index contributed by atoms with van der Waals surface area (Å²) in [6.07, 6.45) is 0. The highest BCUT2D eigenvalue weighted by Crippen LogP contribution is 2.28. The van der Waals surface area contributed by atoms with Gasteiger partial charge >= 0.3 is 5.97 Å². The number of amides is 1. The molecule has 0 radical (unpaired) electrons. The van der Waals surface area contributed by atoms with Crippen molar-refractivity contribution in [2.75, 3.05) is 37.0 Å². The Hall–Kier alpha value is -3.62. The zero-order valence-electron chi connectivity index (χ0n) is 16.5. The second-order valence-electron chi connectivity index (χ2n) is 5.99. The molecule has 0 atom stereocenters. The monoisotopic (exact) mass is 401 g/mol. The van der Waals surface area contributed by atoms with Gasteiger partial charge in [0.05, 0.1) is 29.4 Å². The molecule has 0 heterocycles. The van der Waals surface area contributed by atoms with Gasteiger partial charge < -0.3 is 19.7 Å². The fourth-order valence-electron chi connectivity index (χ4n) is 2.69. The highest BCUT2D eigenvalue weighted by molar-refractivity contribution is 5.96. The van der Waals surface area contributed by atoms with Gasteiger partial charge in [-0.3, -0.25) is 14.9 Å². The maximum atomic E-state index is 12.1. The van der Waals surface area contributed by atoms with Crippen LogP contribution in [0.15, 0.2) is 42.5 Å². The SMILES string of the molecule is CCN(CC)c1ccc(C(=O)OCC(=O)Nc2ccc([N+](=O)[O-])cc2OC)cc1. The van der Waals surface area contributed by atoms with Gasteiger partial charge in [0, 0.05) is 24.8 Å². The zero-order chi connectivity index (χ0) is 21.4. The largest absolute Gasteiger partial charge is 0.494 e. The predicted octanol–water partition coefficient (Wildman–Crippen LogP) is 3.25. The first-order chi connectivity index (χ1) is 13.9. The van der Waals surface area contributed by atoms with Crippen molar-refractivity contribution in [1.29, 1.82) is 0 Å². The highest BCUT2D eigenvalue weighted by atomic mass is 16.6. The highest BCUT2D eigenvalue weighted by Gasteiger charge is 2.15. The molecule has 0 aromatic heterocycles. The van der Waals surface area contributed by atoms with Crippen LogP contribution in [0.5, 0.6) is 5.75 Å². The summed E-state index contributed by atoms with van der Waals surface area (Å²) in [6, 6.07) is 10.7. The number of rotatable bonds is 9. The smallest absolute Gasteiger partial charge is 0.338 e. The molecule has 0 aliphatic rings. The first-order valence-electron chi connectivity index (χ1n) is 9.04. The maximum Gasteiger partial charge on any atom is 0.338 e. The molecule has 29 heavy (non-hydrogen) atoms. The number of nitrogens with zero attached hydrogens (tertiary/aromatic N) is 2. The lowest BCUT2D eigenvalue weighted by atomic mass is 10.2. The molecule has 1 amide bonds. The number of non-ortho nitro benzene ring substituents is 1. The van der Waals surface area contributed by atoms with E-state index in [1.54, 1.807) is 12.1 Å². The van der Waals surface area contributed by atoms with E-state index in [1.165, 1.54) is 25.3 Å². The Bertz CT molecular complexity index is 878. The average molecular weight is 401 g/mol. The molecule has 0 aliphatic heterocycles. The van der Waals surface area contributed by atoms with Crippen molar-refractivity contribution in [3.63, 3.8) is 0 Å². The van der Waals surface area contributed by atoms with E-state index in [-0.39, 0.29) is 17.1 Å². The maximum absolute atomic E-state index is 12.1. The second kappa shape index (κ2) is 10.1. The summed E-state index contributed by atoms with van der Waals surface area (Å²) in [5.41, 5.74) is 1.40. The van der Waals surface area contributed by atoms with Crippen LogP contribution in [0.4, 0.5) is 17.1 Å². The molecule has 0 saturated heterocycles. The quantitative estimate of drug-likeness (QED) is 0.390. The molecule has 2 rings (SSSR count). The lowest BCUT2D eigenvalue weighted by Gasteiger charge is -2.20. The molecule has 0 spiro atoms. The van der Waals surface area contributed by atoms with Crippen LogP contribution >= 0.6 is 0 Å². The Balaban J connectivity index is 1.95. The van der Waals surface area contributed by atoms with Crippen molar-refractivity contribution in [2.24, 2.45) is 0 Å². The normalized spacial score (nSPS) is 10.2. The van der Waals surface area contributed by atoms with Crippen LogP contribution < -0.4 is 15.0 Å². The molecule has 0 fully saturated rings. The molecule has 0 saturated carbocycles. The Morgan fingerprint density at radius 1 is 1.10 bits per heavy atom. The standard InChI is InChI=1S/C20H23N3O6/c1-4-22(5-2)15-8-6-14(7-9-15)20(25)29-13-19(24)21-17-11-10-16(23(26)27)12-18(17)28-3/h6-12H,4-5,13H2,1-3H3,(H,21,24). The molecule has 0 bridgehead atoms. The fraction of sp³-hybridized carbons (Fsp3) is 0.300. The summed E-state index contributed by atoms with van der Waals surface area (Å²) in [4.78, 5) is 36.6. The average Bonchev–Trinajstić information content (AvgIpc) is 2.73. The van der Waals surface area contributed by atoms with Gasteiger partial charge in [-0.25, -0.2) is 4.79 Å². The van der Waals surface area contributed by atoms with Crippen LogP contribution in [0.2, 0.25) is 0 Å². The van der Waals surface area contributed by atoms with E-state index in [4.69, 9.17) is 9.47 Å². The van der Waals surface area contributed by atoms with E-state index in [0.717, 1.165) is 18.8 Å². The van der Waals surface area contributed by atoms with Crippen molar-refractivity contribution >= 4 is 28.9 Å². The van der Waals surface area contributed by atoms with E-state index in [1.807, 2.05) is 26.0 Å². The zero-order valence-corrected chi connectivity index (χ0v) is 16.5. The van der Waals surface area contributed by atoms with Gasteiger partial charge in [0.25, 0.3) is 11.6 Å². The van der Waals surface area contributed by atoms with E-state index in [0.29, 0.717) is 5.56 Å². The number of carbonyl (C=O) groups is 2. The minimum atomic E-state index is -0.623. The minimum Gasteiger partial charge on any atom is -0.494 e. The molecule has 154 valence electrons. The van der Waals surface area contributed by atoms with Crippen LogP contribution in [0.1, 0.15) is 24.2 Å². The van der Waals surface area contributed by atoms with Gasteiger partial charge in [0.1, 0.15) is 5.75 Å². The van der Waals surface area contributed by atoms with Gasteiger partial charge in [0.2, 0.25) is 0 Å². The molecule has 1 N–H and O–H groups in total. The molecule has 2 aromatic carbocycles. The number of nitro benzene ring substituents is 1. The third kappa shape index (κ3) is 5.68. The predicted molar refractivity (Wildman–Crippen MR) is 109 cm³/mol. The number of carbonyl (C=O) groups excluding carboxylic acids is 2. The summed E-state index contributed by atoms with van der Waals surface area (Å²) in [6.45, 7) is 5.30. The van der Waals surface area contributed by atoms with Gasteiger partial charge in [-0.2, -0.15) is 0 Å². The van der Waals surface area contributed by atoms with E-state index >= 15 is 0 Å². The lowest BCUT2D eigenvalue weighted by Crippen LogP contribution is -2.22. The topological polar surface area (TPSA) is 111 Å². The molecular formula is C20H23N3O6. The number of esters is 1. The number of hydrogen-bond acceptors (Lipinski definition) is 7. The van der Waals surface area contributed by atoms with Crippen LogP contribution in [0, 0.1) is 10.1 Å². The van der Waals surface area contributed by atoms with Crippen LogP contribution in [-0.2, 0) is 9.53 Å². The Labute approximate surface area is 168 Å². The molecular weight excluding hydrogens is 378 g/mol. The van der Waals surface area contributed by atoms with Gasteiger partial charge in [-0.05, 0) is 44.2 Å². The Kier molecular flexibility index (Phi) is 7.53. The van der Waals surface area contributed by atoms with Crippen molar-refractivity contribution in [1.82, 2.24) is 0 Å². The van der Waals surface area contributed by atoms with E-state index in [9.17, 15) is 19.7 Å². The summed E-state index contributed by atoms with van der Waals surface area (Å²) < 4.78 is 10.1. The van der Waals surface area contributed by atoms with Crippen molar-refractivity contribution in [2.45, 2.75) is 13.8 Å². The van der Waals surface area contributed by atoms with Crippen molar-refractivity contribution in [3.8, 4) is 5.75 Å². The number of nitrogens with one attached hydrogen (secondary N) is 1.